The molecule has 0 aliphatic carbocycles. The summed E-state index contributed by atoms with van der Waals surface area (Å²) in [5.41, 5.74) is -0.435. The molecule has 0 spiro atoms. The van der Waals surface area contributed by atoms with Crippen LogP contribution in [0.2, 0.25) is 5.02 Å². The zero-order valence-corrected chi connectivity index (χ0v) is 13.3. The number of benzene rings is 1. The number of rotatable bonds is 7. The zero-order chi connectivity index (χ0) is 14.3. The lowest BCUT2D eigenvalue weighted by molar-refractivity contribution is 0.380. The summed E-state index contributed by atoms with van der Waals surface area (Å²) in [7, 11) is 0. The van der Waals surface area contributed by atoms with Gasteiger partial charge in [0.15, 0.2) is 0 Å². The van der Waals surface area contributed by atoms with Gasteiger partial charge in [0.05, 0.1) is 11.1 Å². The second-order valence-corrected chi connectivity index (χ2v) is 6.67. The van der Waals surface area contributed by atoms with Gasteiger partial charge >= 0.3 is 0 Å². The second kappa shape index (κ2) is 7.79. The maximum absolute atomic E-state index is 9.25. The van der Waals surface area contributed by atoms with Crippen molar-refractivity contribution in [3.63, 3.8) is 0 Å². The molecule has 1 aromatic rings. The summed E-state index contributed by atoms with van der Waals surface area (Å²) in [5.74, 6) is 0.973. The van der Waals surface area contributed by atoms with Gasteiger partial charge in [0.1, 0.15) is 5.54 Å². The summed E-state index contributed by atoms with van der Waals surface area (Å²) in [6.45, 7) is 6.09. The van der Waals surface area contributed by atoms with Crippen LogP contribution in [-0.2, 0) is 0 Å². The van der Waals surface area contributed by atoms with Gasteiger partial charge < -0.3 is 0 Å². The Kier molecular flexibility index (Phi) is 6.71. The minimum atomic E-state index is -0.435. The van der Waals surface area contributed by atoms with Crippen LogP contribution in [0.3, 0.4) is 0 Å². The molecule has 1 N–H and O–H groups in total. The van der Waals surface area contributed by atoms with Crippen LogP contribution < -0.4 is 5.32 Å². The molecule has 1 aromatic carbocycles. The molecule has 1 atom stereocenters. The minimum Gasteiger partial charge on any atom is -0.297 e. The van der Waals surface area contributed by atoms with Crippen molar-refractivity contribution in [2.24, 2.45) is 0 Å². The average molecular weight is 297 g/mol. The molecular weight excluding hydrogens is 276 g/mol. The third kappa shape index (κ3) is 5.86. The van der Waals surface area contributed by atoms with Gasteiger partial charge in [0, 0.05) is 10.9 Å². The molecule has 0 bridgehead atoms. The van der Waals surface area contributed by atoms with Crippen molar-refractivity contribution in [3.8, 4) is 6.07 Å². The van der Waals surface area contributed by atoms with Crippen LogP contribution in [0.15, 0.2) is 29.2 Å². The molecule has 1 unspecified atom stereocenters. The van der Waals surface area contributed by atoms with Gasteiger partial charge in [-0.3, -0.25) is 5.32 Å². The van der Waals surface area contributed by atoms with E-state index in [0.717, 1.165) is 28.5 Å². The van der Waals surface area contributed by atoms with Crippen molar-refractivity contribution in [1.82, 2.24) is 5.32 Å². The monoisotopic (exact) mass is 296 g/mol. The summed E-state index contributed by atoms with van der Waals surface area (Å²) >= 11 is 7.85. The van der Waals surface area contributed by atoms with E-state index in [1.165, 1.54) is 0 Å². The van der Waals surface area contributed by atoms with Crippen LogP contribution in [0.4, 0.5) is 0 Å². The minimum absolute atomic E-state index is 0.320. The van der Waals surface area contributed by atoms with Gasteiger partial charge in [-0.05, 0) is 51.5 Å². The summed E-state index contributed by atoms with van der Waals surface area (Å²) in [6, 6.07) is 10.6. The van der Waals surface area contributed by atoms with Gasteiger partial charge in [-0.25, -0.2) is 0 Å². The highest BCUT2D eigenvalue weighted by Crippen LogP contribution is 2.28. The highest BCUT2D eigenvalue weighted by molar-refractivity contribution is 7.99. The van der Waals surface area contributed by atoms with E-state index < -0.39 is 5.54 Å². The molecule has 1 rings (SSSR count). The van der Waals surface area contributed by atoms with Gasteiger partial charge in [-0.2, -0.15) is 5.26 Å². The number of thioether (sulfide) groups is 1. The molecule has 0 amide bonds. The van der Waals surface area contributed by atoms with E-state index in [1.807, 2.05) is 31.2 Å². The van der Waals surface area contributed by atoms with Crippen molar-refractivity contribution in [3.05, 3.63) is 29.3 Å². The fourth-order valence-electron chi connectivity index (χ4n) is 1.97. The Balaban J connectivity index is 2.38. The molecular formula is C15H21ClN2S. The first kappa shape index (κ1) is 16.4. The molecule has 0 heterocycles. The predicted octanol–water partition coefficient (Wildman–Crippen LogP) is 4.49. The molecule has 19 heavy (non-hydrogen) atoms. The lowest BCUT2D eigenvalue weighted by Gasteiger charge is -2.25. The fourth-order valence-corrected chi connectivity index (χ4v) is 3.16. The van der Waals surface area contributed by atoms with Crippen LogP contribution in [-0.4, -0.2) is 17.3 Å². The second-order valence-electron chi connectivity index (χ2n) is 5.13. The molecule has 0 aromatic heterocycles. The molecule has 0 aliphatic heterocycles. The molecule has 104 valence electrons. The number of nitriles is 1. The van der Waals surface area contributed by atoms with Gasteiger partial charge in [-0.1, -0.05) is 23.7 Å². The lowest BCUT2D eigenvalue weighted by Crippen LogP contribution is -2.44. The summed E-state index contributed by atoms with van der Waals surface area (Å²) < 4.78 is 0. The summed E-state index contributed by atoms with van der Waals surface area (Å²) in [6.07, 6.45) is 1.83. The van der Waals surface area contributed by atoms with Crippen molar-refractivity contribution in [2.75, 3.05) is 5.75 Å². The van der Waals surface area contributed by atoms with Crippen molar-refractivity contribution < 1.29 is 0 Å². The third-order valence-electron chi connectivity index (χ3n) is 2.77. The quantitative estimate of drug-likeness (QED) is 0.595. The number of halogens is 1. The highest BCUT2D eigenvalue weighted by Gasteiger charge is 2.23. The number of hydrogen-bond acceptors (Lipinski definition) is 3. The van der Waals surface area contributed by atoms with Crippen LogP contribution in [0.1, 0.15) is 33.6 Å². The van der Waals surface area contributed by atoms with Crippen LogP contribution in [0.25, 0.3) is 0 Å². The smallest absolute Gasteiger partial charge is 0.104 e. The van der Waals surface area contributed by atoms with Crippen LogP contribution in [0, 0.1) is 11.3 Å². The number of nitrogens with one attached hydrogen (secondary N) is 1. The van der Waals surface area contributed by atoms with Crippen molar-refractivity contribution in [1.29, 1.82) is 5.26 Å². The first-order chi connectivity index (χ1) is 8.97. The summed E-state index contributed by atoms with van der Waals surface area (Å²) in [4.78, 5) is 1.11. The molecule has 0 radical (unpaired) electrons. The maximum atomic E-state index is 9.25. The maximum Gasteiger partial charge on any atom is 0.104 e. The first-order valence-electron chi connectivity index (χ1n) is 6.53. The van der Waals surface area contributed by atoms with E-state index in [0.29, 0.717) is 6.04 Å². The molecule has 0 saturated carbocycles. The molecule has 0 fully saturated rings. The van der Waals surface area contributed by atoms with Crippen LogP contribution >= 0.6 is 23.4 Å². The Morgan fingerprint density at radius 1 is 1.42 bits per heavy atom. The zero-order valence-electron chi connectivity index (χ0n) is 11.7. The predicted molar refractivity (Wildman–Crippen MR) is 83.7 cm³/mol. The van der Waals surface area contributed by atoms with E-state index in [1.54, 1.807) is 11.8 Å². The number of nitrogens with zero attached hydrogens (tertiary/aromatic N) is 1. The highest BCUT2D eigenvalue weighted by atomic mass is 35.5. The standard InChI is InChI=1S/C15H21ClN2S/c1-12(2)18-15(3,11-17)9-6-10-19-14-8-5-4-7-13(14)16/h4-5,7-8,12,18H,6,9-10H2,1-3H3. The van der Waals surface area contributed by atoms with E-state index in [-0.39, 0.29) is 0 Å². The van der Waals surface area contributed by atoms with E-state index in [9.17, 15) is 5.26 Å². The van der Waals surface area contributed by atoms with Gasteiger partial charge in [0.2, 0.25) is 0 Å². The van der Waals surface area contributed by atoms with Crippen molar-refractivity contribution >= 4 is 23.4 Å². The van der Waals surface area contributed by atoms with Crippen LogP contribution in [0.5, 0.6) is 0 Å². The van der Waals surface area contributed by atoms with E-state index >= 15 is 0 Å². The SMILES string of the molecule is CC(C)NC(C)(C#N)CCCSc1ccccc1Cl. The molecule has 4 heteroatoms. The van der Waals surface area contributed by atoms with Gasteiger partial charge in [0.25, 0.3) is 0 Å². The van der Waals surface area contributed by atoms with E-state index in [2.05, 4.69) is 25.2 Å². The topological polar surface area (TPSA) is 35.8 Å². The normalized spacial score (nSPS) is 14.1. The largest absolute Gasteiger partial charge is 0.297 e. The summed E-state index contributed by atoms with van der Waals surface area (Å²) in [5, 5.41) is 13.4. The third-order valence-corrected chi connectivity index (χ3v) is 4.37. The molecule has 2 nitrogen and oxygen atoms in total. The molecule has 0 saturated heterocycles. The Hall–Kier alpha value is -0.690. The Bertz CT molecular complexity index is 442. The lowest BCUT2D eigenvalue weighted by atomic mass is 9.97. The van der Waals surface area contributed by atoms with Crippen molar-refractivity contribution in [2.45, 2.75) is 50.1 Å². The van der Waals surface area contributed by atoms with Gasteiger partial charge in [-0.15, -0.1) is 11.8 Å². The fraction of sp³-hybridized carbons (Fsp3) is 0.533. The molecule has 0 aliphatic rings. The Labute approximate surface area is 125 Å². The number of hydrogen-bond donors (Lipinski definition) is 1. The first-order valence-corrected chi connectivity index (χ1v) is 7.89. The Morgan fingerprint density at radius 2 is 2.11 bits per heavy atom. The van der Waals surface area contributed by atoms with E-state index in [4.69, 9.17) is 11.6 Å². The Morgan fingerprint density at radius 3 is 2.68 bits per heavy atom. The average Bonchev–Trinajstić information content (AvgIpc) is 2.36.